The van der Waals surface area contributed by atoms with Crippen molar-refractivity contribution in [2.75, 3.05) is 10.6 Å². The summed E-state index contributed by atoms with van der Waals surface area (Å²) in [4.78, 5) is 22.7. The topological polar surface area (TPSA) is 96.2 Å². The third-order valence-electron chi connectivity index (χ3n) is 2.36. The Labute approximate surface area is 108 Å². The molecule has 7 nitrogen and oxygen atoms in total. The molecule has 2 rings (SSSR count). The van der Waals surface area contributed by atoms with Gasteiger partial charge in [-0.3, -0.25) is 10.00 Å². The SMILES string of the molecule is Cn1ccc(NC(=O)Nc2ccccc2C(=O)O)n1. The number of rotatable bonds is 3. The fraction of sp³-hybridized carbons (Fsp3) is 0.0833. The highest BCUT2D eigenvalue weighted by atomic mass is 16.4. The standard InChI is InChI=1S/C12H12N4O3/c1-16-7-6-10(15-16)14-12(19)13-9-5-3-2-4-8(9)11(17)18/h2-7H,1H3,(H,17,18)(H2,13,14,15,19). The maximum absolute atomic E-state index is 11.7. The van der Waals surface area contributed by atoms with Crippen LogP contribution >= 0.6 is 0 Å². The highest BCUT2D eigenvalue weighted by Crippen LogP contribution is 2.15. The zero-order valence-electron chi connectivity index (χ0n) is 10.1. The van der Waals surface area contributed by atoms with Crippen molar-refractivity contribution < 1.29 is 14.7 Å². The van der Waals surface area contributed by atoms with E-state index in [-0.39, 0.29) is 11.3 Å². The summed E-state index contributed by atoms with van der Waals surface area (Å²) in [5.74, 6) is -0.721. The minimum atomic E-state index is -1.10. The van der Waals surface area contributed by atoms with Crippen LogP contribution in [0, 0.1) is 0 Å². The number of urea groups is 1. The average molecular weight is 260 g/mol. The van der Waals surface area contributed by atoms with Crippen molar-refractivity contribution in [3.63, 3.8) is 0 Å². The lowest BCUT2D eigenvalue weighted by Gasteiger charge is -2.08. The fourth-order valence-corrected chi connectivity index (χ4v) is 1.53. The molecule has 0 aliphatic heterocycles. The summed E-state index contributed by atoms with van der Waals surface area (Å²) in [5.41, 5.74) is 0.252. The van der Waals surface area contributed by atoms with Gasteiger partial charge in [0, 0.05) is 19.3 Å². The largest absolute Gasteiger partial charge is 0.478 e. The lowest BCUT2D eigenvalue weighted by atomic mass is 10.2. The van der Waals surface area contributed by atoms with Crippen molar-refractivity contribution in [3.8, 4) is 0 Å². The Morgan fingerprint density at radius 2 is 1.95 bits per heavy atom. The summed E-state index contributed by atoms with van der Waals surface area (Å²) in [6.45, 7) is 0. The minimum Gasteiger partial charge on any atom is -0.478 e. The van der Waals surface area contributed by atoms with E-state index in [0.717, 1.165) is 0 Å². The van der Waals surface area contributed by atoms with Crippen molar-refractivity contribution in [3.05, 3.63) is 42.1 Å². The molecule has 98 valence electrons. The Morgan fingerprint density at radius 1 is 1.21 bits per heavy atom. The number of aryl methyl sites for hydroxylation is 1. The van der Waals surface area contributed by atoms with Crippen LogP contribution in [0.5, 0.6) is 0 Å². The molecule has 0 aliphatic rings. The molecule has 2 amide bonds. The van der Waals surface area contributed by atoms with E-state index >= 15 is 0 Å². The molecular formula is C12H12N4O3. The number of anilines is 2. The van der Waals surface area contributed by atoms with Gasteiger partial charge in [0.2, 0.25) is 0 Å². The van der Waals surface area contributed by atoms with Gasteiger partial charge in [-0.05, 0) is 12.1 Å². The molecule has 0 saturated heterocycles. The molecule has 0 aliphatic carbocycles. The number of para-hydroxylation sites is 1. The third kappa shape index (κ3) is 3.09. The third-order valence-corrected chi connectivity index (χ3v) is 2.36. The summed E-state index contributed by atoms with van der Waals surface area (Å²) in [5, 5.41) is 17.9. The lowest BCUT2D eigenvalue weighted by Crippen LogP contribution is -2.21. The van der Waals surface area contributed by atoms with Crippen LogP contribution in [0.4, 0.5) is 16.3 Å². The van der Waals surface area contributed by atoms with Crippen LogP contribution in [0.25, 0.3) is 0 Å². The monoisotopic (exact) mass is 260 g/mol. The Kier molecular flexibility index (Phi) is 3.46. The van der Waals surface area contributed by atoms with Crippen LogP contribution in [0.15, 0.2) is 36.5 Å². The molecule has 0 bridgehead atoms. The van der Waals surface area contributed by atoms with Gasteiger partial charge in [0.1, 0.15) is 0 Å². The molecule has 0 fully saturated rings. The molecule has 0 saturated carbocycles. The molecule has 0 radical (unpaired) electrons. The number of aromatic carboxylic acids is 1. The van der Waals surface area contributed by atoms with Crippen LogP contribution in [0.3, 0.4) is 0 Å². The summed E-state index contributed by atoms with van der Waals surface area (Å²) in [7, 11) is 1.73. The molecule has 1 aromatic carbocycles. The van der Waals surface area contributed by atoms with E-state index in [1.54, 1.807) is 36.1 Å². The maximum Gasteiger partial charge on any atom is 0.337 e. The number of benzene rings is 1. The Bertz CT molecular complexity index is 621. The molecule has 0 unspecified atom stereocenters. The zero-order valence-corrected chi connectivity index (χ0v) is 10.1. The number of amides is 2. The van der Waals surface area contributed by atoms with Crippen molar-refractivity contribution >= 4 is 23.5 Å². The van der Waals surface area contributed by atoms with Gasteiger partial charge in [-0.25, -0.2) is 9.59 Å². The lowest BCUT2D eigenvalue weighted by molar-refractivity contribution is 0.0698. The summed E-state index contributed by atoms with van der Waals surface area (Å²) < 4.78 is 1.54. The average Bonchev–Trinajstić information content (AvgIpc) is 2.75. The molecule has 1 heterocycles. The number of aromatic nitrogens is 2. The van der Waals surface area contributed by atoms with Gasteiger partial charge in [-0.1, -0.05) is 12.1 Å². The number of carbonyl (C=O) groups excluding carboxylic acids is 1. The van der Waals surface area contributed by atoms with Crippen LogP contribution in [-0.4, -0.2) is 26.9 Å². The number of hydrogen-bond acceptors (Lipinski definition) is 3. The van der Waals surface area contributed by atoms with Crippen molar-refractivity contribution in [1.29, 1.82) is 0 Å². The second kappa shape index (κ2) is 5.21. The number of carbonyl (C=O) groups is 2. The molecule has 0 atom stereocenters. The first-order valence-electron chi connectivity index (χ1n) is 5.46. The van der Waals surface area contributed by atoms with Gasteiger partial charge in [0.05, 0.1) is 11.3 Å². The van der Waals surface area contributed by atoms with Crippen molar-refractivity contribution in [2.45, 2.75) is 0 Å². The van der Waals surface area contributed by atoms with Gasteiger partial charge in [-0.2, -0.15) is 5.10 Å². The van der Waals surface area contributed by atoms with Crippen molar-refractivity contribution in [2.24, 2.45) is 7.05 Å². The summed E-state index contributed by atoms with van der Waals surface area (Å²) in [6, 6.07) is 7.24. The second-order valence-corrected chi connectivity index (χ2v) is 3.80. The first-order chi connectivity index (χ1) is 9.06. The molecule has 0 spiro atoms. The normalized spacial score (nSPS) is 9.95. The van der Waals surface area contributed by atoms with E-state index in [1.165, 1.54) is 12.1 Å². The van der Waals surface area contributed by atoms with E-state index in [2.05, 4.69) is 15.7 Å². The van der Waals surface area contributed by atoms with Gasteiger partial charge in [0.15, 0.2) is 5.82 Å². The number of hydrogen-bond donors (Lipinski definition) is 3. The van der Waals surface area contributed by atoms with Gasteiger partial charge in [0.25, 0.3) is 0 Å². The Hall–Kier alpha value is -2.83. The van der Waals surface area contributed by atoms with E-state index in [4.69, 9.17) is 5.11 Å². The molecular weight excluding hydrogens is 248 g/mol. The molecule has 7 heteroatoms. The second-order valence-electron chi connectivity index (χ2n) is 3.80. The Balaban J connectivity index is 2.09. The number of carboxylic acid groups (broad SMARTS) is 1. The molecule has 2 aromatic rings. The first kappa shape index (κ1) is 12.6. The number of nitrogens with zero attached hydrogens (tertiary/aromatic N) is 2. The summed E-state index contributed by atoms with van der Waals surface area (Å²) >= 11 is 0. The van der Waals surface area contributed by atoms with Crippen LogP contribution < -0.4 is 10.6 Å². The molecule has 19 heavy (non-hydrogen) atoms. The number of carboxylic acids is 1. The van der Waals surface area contributed by atoms with Gasteiger partial charge >= 0.3 is 12.0 Å². The minimum absolute atomic E-state index is 0.0265. The predicted molar refractivity (Wildman–Crippen MR) is 69.3 cm³/mol. The quantitative estimate of drug-likeness (QED) is 0.783. The zero-order chi connectivity index (χ0) is 13.8. The fourth-order valence-electron chi connectivity index (χ4n) is 1.53. The highest BCUT2D eigenvalue weighted by Gasteiger charge is 2.12. The van der Waals surface area contributed by atoms with Gasteiger partial charge in [-0.15, -0.1) is 0 Å². The number of nitrogens with one attached hydrogen (secondary N) is 2. The summed E-state index contributed by atoms with van der Waals surface area (Å²) in [6.07, 6.45) is 1.68. The van der Waals surface area contributed by atoms with Crippen LogP contribution in [0.2, 0.25) is 0 Å². The molecule has 3 N–H and O–H groups in total. The Morgan fingerprint density at radius 3 is 2.58 bits per heavy atom. The maximum atomic E-state index is 11.7. The van der Waals surface area contributed by atoms with E-state index < -0.39 is 12.0 Å². The smallest absolute Gasteiger partial charge is 0.337 e. The predicted octanol–water partition coefficient (Wildman–Crippen LogP) is 1.76. The van der Waals surface area contributed by atoms with Crippen molar-refractivity contribution in [1.82, 2.24) is 9.78 Å². The van der Waals surface area contributed by atoms with E-state index in [0.29, 0.717) is 5.82 Å². The molecule has 1 aromatic heterocycles. The van der Waals surface area contributed by atoms with E-state index in [9.17, 15) is 9.59 Å². The van der Waals surface area contributed by atoms with Gasteiger partial charge < -0.3 is 10.4 Å². The van der Waals surface area contributed by atoms with Crippen LogP contribution in [-0.2, 0) is 7.05 Å². The van der Waals surface area contributed by atoms with E-state index in [1.807, 2.05) is 0 Å². The van der Waals surface area contributed by atoms with Crippen LogP contribution in [0.1, 0.15) is 10.4 Å². The first-order valence-corrected chi connectivity index (χ1v) is 5.46. The highest BCUT2D eigenvalue weighted by molar-refractivity contribution is 6.04.